The van der Waals surface area contributed by atoms with Crippen LogP contribution in [0.3, 0.4) is 0 Å². The Bertz CT molecular complexity index is 303. The average molecular weight is 300 g/mol. The Hall–Kier alpha value is -1.33. The second-order valence-corrected chi connectivity index (χ2v) is 3.78. The number of nitrogens with one attached hydrogen (secondary N) is 1. The lowest BCUT2D eigenvalue weighted by molar-refractivity contribution is -0.000562. The first-order valence-corrected chi connectivity index (χ1v) is 6.87. The number of hydrogen-bond donors (Lipinski definition) is 1. The summed E-state index contributed by atoms with van der Waals surface area (Å²) in [7, 11) is 0. The molecule has 0 atom stereocenters. The molecule has 8 heteroatoms. The lowest BCUT2D eigenvalue weighted by Crippen LogP contribution is -2.21. The summed E-state index contributed by atoms with van der Waals surface area (Å²) in [6.07, 6.45) is 5.09. The van der Waals surface area contributed by atoms with Crippen molar-refractivity contribution in [3.8, 4) is 12.3 Å². The van der Waals surface area contributed by atoms with E-state index in [0.29, 0.717) is 65.9 Å². The number of terminal acetylenes is 1. The van der Waals surface area contributed by atoms with E-state index >= 15 is 0 Å². The van der Waals surface area contributed by atoms with Gasteiger partial charge in [-0.2, -0.15) is 0 Å². The monoisotopic (exact) mass is 300 g/mol. The van der Waals surface area contributed by atoms with Gasteiger partial charge in [-0.25, -0.2) is 0 Å². The Kier molecular flexibility index (Phi) is 17.5. The molecular weight excluding hydrogens is 276 g/mol. The van der Waals surface area contributed by atoms with Crippen molar-refractivity contribution in [3.05, 3.63) is 10.4 Å². The molecule has 0 saturated carbocycles. The smallest absolute Gasteiger partial charge is 0.0701 e. The van der Waals surface area contributed by atoms with E-state index in [-0.39, 0.29) is 0 Å². The van der Waals surface area contributed by atoms with E-state index in [9.17, 15) is 0 Å². The zero-order valence-corrected chi connectivity index (χ0v) is 12.3. The molecule has 0 saturated heterocycles. The zero-order chi connectivity index (χ0) is 15.4. The van der Waals surface area contributed by atoms with E-state index in [2.05, 4.69) is 21.3 Å². The van der Waals surface area contributed by atoms with Gasteiger partial charge in [0.2, 0.25) is 0 Å². The van der Waals surface area contributed by atoms with Crippen LogP contribution < -0.4 is 5.32 Å². The van der Waals surface area contributed by atoms with Gasteiger partial charge in [-0.15, -0.1) is 6.42 Å². The van der Waals surface area contributed by atoms with Crippen molar-refractivity contribution in [2.75, 3.05) is 72.5 Å². The molecule has 0 spiro atoms. The fraction of sp³-hybridized carbons (Fsp3) is 0.846. The highest BCUT2D eigenvalue weighted by Gasteiger charge is 1.92. The van der Waals surface area contributed by atoms with E-state index in [1.807, 2.05) is 0 Å². The zero-order valence-electron chi connectivity index (χ0n) is 12.3. The molecule has 0 amide bonds. The van der Waals surface area contributed by atoms with Gasteiger partial charge >= 0.3 is 0 Å². The van der Waals surface area contributed by atoms with E-state index in [1.165, 1.54) is 0 Å². The average Bonchev–Trinajstić information content (AvgIpc) is 2.50. The second-order valence-electron chi connectivity index (χ2n) is 3.78. The quantitative estimate of drug-likeness (QED) is 0.148. The van der Waals surface area contributed by atoms with Crippen LogP contribution in [0, 0.1) is 12.3 Å². The summed E-state index contributed by atoms with van der Waals surface area (Å²) in [5, 5.41) is 6.37. The van der Waals surface area contributed by atoms with Crippen molar-refractivity contribution in [2.24, 2.45) is 5.11 Å². The first-order valence-electron chi connectivity index (χ1n) is 6.87. The van der Waals surface area contributed by atoms with Crippen molar-refractivity contribution in [1.29, 1.82) is 0 Å². The number of nitrogens with zero attached hydrogens (tertiary/aromatic N) is 3. The molecule has 0 unspecified atom stereocenters. The normalized spacial score (nSPS) is 10.0. The van der Waals surface area contributed by atoms with Gasteiger partial charge in [-0.1, -0.05) is 11.0 Å². The highest BCUT2D eigenvalue weighted by Crippen LogP contribution is 1.83. The summed E-state index contributed by atoms with van der Waals surface area (Å²) in [6.45, 7) is 5.80. The topological polar surface area (TPSA) is 97.7 Å². The van der Waals surface area contributed by atoms with Gasteiger partial charge in [-0.05, 0) is 5.53 Å². The Morgan fingerprint density at radius 3 is 1.95 bits per heavy atom. The molecule has 120 valence electrons. The Balaban J connectivity index is 2.96. The predicted molar refractivity (Wildman–Crippen MR) is 79.0 cm³/mol. The molecule has 0 aliphatic heterocycles. The van der Waals surface area contributed by atoms with E-state index in [1.54, 1.807) is 0 Å². The minimum atomic E-state index is 0.345. The van der Waals surface area contributed by atoms with E-state index < -0.39 is 0 Å². The van der Waals surface area contributed by atoms with Crippen LogP contribution >= 0.6 is 0 Å². The van der Waals surface area contributed by atoms with Crippen LogP contribution in [-0.4, -0.2) is 72.5 Å². The standard InChI is InChI=1S/C13H24N4O4/c1-2-3-15-4-6-18-8-10-20-12-13-21-11-9-19-7-5-16-17-14/h1,15H,3-13H2. The van der Waals surface area contributed by atoms with Gasteiger partial charge < -0.3 is 24.3 Å². The lowest BCUT2D eigenvalue weighted by atomic mass is 10.6. The van der Waals surface area contributed by atoms with Gasteiger partial charge in [0, 0.05) is 18.0 Å². The third-order valence-corrected chi connectivity index (χ3v) is 2.17. The van der Waals surface area contributed by atoms with Gasteiger partial charge in [0.1, 0.15) is 0 Å². The number of azide groups is 1. The first-order chi connectivity index (χ1) is 10.4. The second kappa shape index (κ2) is 18.7. The molecule has 8 nitrogen and oxygen atoms in total. The summed E-state index contributed by atoms with van der Waals surface area (Å²) in [5.41, 5.74) is 8.04. The summed E-state index contributed by atoms with van der Waals surface area (Å²) in [4.78, 5) is 2.62. The van der Waals surface area contributed by atoms with Gasteiger partial charge in [-0.3, -0.25) is 0 Å². The van der Waals surface area contributed by atoms with Crippen molar-refractivity contribution in [2.45, 2.75) is 0 Å². The molecule has 0 aromatic heterocycles. The molecule has 0 aromatic carbocycles. The fourth-order valence-electron chi connectivity index (χ4n) is 1.22. The number of ether oxygens (including phenoxy) is 4. The van der Waals surface area contributed by atoms with Crippen molar-refractivity contribution in [3.63, 3.8) is 0 Å². The highest BCUT2D eigenvalue weighted by atomic mass is 16.6. The summed E-state index contributed by atoms with van der Waals surface area (Å²) < 4.78 is 21.1. The van der Waals surface area contributed by atoms with Crippen molar-refractivity contribution < 1.29 is 18.9 Å². The SMILES string of the molecule is C#CCNCCOCCOCCOCCOCCN=[N+]=[N-]. The van der Waals surface area contributed by atoms with Gasteiger partial charge in [0.15, 0.2) is 0 Å². The summed E-state index contributed by atoms with van der Waals surface area (Å²) in [5.74, 6) is 2.49. The van der Waals surface area contributed by atoms with Crippen LogP contribution in [0.25, 0.3) is 10.4 Å². The summed E-state index contributed by atoms with van der Waals surface area (Å²) in [6, 6.07) is 0. The minimum Gasteiger partial charge on any atom is -0.379 e. The van der Waals surface area contributed by atoms with E-state index in [4.69, 9.17) is 30.9 Å². The van der Waals surface area contributed by atoms with Crippen LogP contribution in [0.15, 0.2) is 5.11 Å². The largest absolute Gasteiger partial charge is 0.379 e. The van der Waals surface area contributed by atoms with Crippen molar-refractivity contribution >= 4 is 0 Å². The van der Waals surface area contributed by atoms with E-state index in [0.717, 1.165) is 6.54 Å². The van der Waals surface area contributed by atoms with Crippen molar-refractivity contribution in [1.82, 2.24) is 5.32 Å². The Morgan fingerprint density at radius 1 is 0.905 bits per heavy atom. The lowest BCUT2D eigenvalue weighted by Gasteiger charge is -2.07. The molecule has 21 heavy (non-hydrogen) atoms. The maximum Gasteiger partial charge on any atom is 0.0701 e. The molecule has 0 rings (SSSR count). The molecule has 0 radical (unpaired) electrons. The van der Waals surface area contributed by atoms with Gasteiger partial charge in [0.25, 0.3) is 0 Å². The maximum absolute atomic E-state index is 8.04. The Labute approximate surface area is 125 Å². The molecule has 0 aliphatic carbocycles. The molecule has 0 fully saturated rings. The fourth-order valence-corrected chi connectivity index (χ4v) is 1.22. The third-order valence-electron chi connectivity index (χ3n) is 2.17. The summed E-state index contributed by atoms with van der Waals surface area (Å²) >= 11 is 0. The molecular formula is C13H24N4O4. The van der Waals surface area contributed by atoms with Crippen LogP contribution in [0.5, 0.6) is 0 Å². The predicted octanol–water partition coefficient (Wildman–Crippen LogP) is 0.586. The number of rotatable bonds is 16. The van der Waals surface area contributed by atoms with Crippen LogP contribution in [0.1, 0.15) is 0 Å². The minimum absolute atomic E-state index is 0.345. The molecule has 0 aliphatic rings. The molecule has 0 bridgehead atoms. The van der Waals surface area contributed by atoms with Gasteiger partial charge in [0.05, 0.1) is 59.4 Å². The first kappa shape index (κ1) is 19.7. The van der Waals surface area contributed by atoms with Crippen LogP contribution in [-0.2, 0) is 18.9 Å². The van der Waals surface area contributed by atoms with Crippen LogP contribution in [0.4, 0.5) is 0 Å². The molecule has 1 N–H and O–H groups in total. The number of hydrogen-bond acceptors (Lipinski definition) is 6. The maximum atomic E-state index is 8.04. The third kappa shape index (κ3) is 18.7. The highest BCUT2D eigenvalue weighted by molar-refractivity contribution is 4.86. The molecule has 0 heterocycles. The Morgan fingerprint density at radius 2 is 1.43 bits per heavy atom. The molecule has 0 aromatic rings. The van der Waals surface area contributed by atoms with Crippen LogP contribution in [0.2, 0.25) is 0 Å².